The quantitative estimate of drug-likeness (QED) is 0.622. The van der Waals surface area contributed by atoms with Gasteiger partial charge in [-0.1, -0.05) is 24.3 Å². The number of allylic oxidation sites excluding steroid dienone is 1. The van der Waals surface area contributed by atoms with Crippen LogP contribution in [0.3, 0.4) is 0 Å². The molecule has 0 fully saturated rings. The van der Waals surface area contributed by atoms with Gasteiger partial charge in [-0.25, -0.2) is 4.68 Å². The first-order valence-corrected chi connectivity index (χ1v) is 9.34. The van der Waals surface area contributed by atoms with Gasteiger partial charge in [0.15, 0.2) is 11.5 Å². The zero-order valence-electron chi connectivity index (χ0n) is 16.7. The maximum absolute atomic E-state index is 13.2. The van der Waals surface area contributed by atoms with Crippen molar-refractivity contribution in [2.75, 3.05) is 17.7 Å². The molecule has 4 rings (SSSR count). The molecule has 2 aromatic carbocycles. The summed E-state index contributed by atoms with van der Waals surface area (Å²) in [6, 6.07) is 12.9. The van der Waals surface area contributed by atoms with Gasteiger partial charge in [0.2, 0.25) is 5.95 Å². The van der Waals surface area contributed by atoms with Crippen LogP contribution in [0.2, 0.25) is 0 Å². The van der Waals surface area contributed by atoms with Crippen molar-refractivity contribution in [2.24, 2.45) is 0 Å². The van der Waals surface area contributed by atoms with Crippen LogP contribution < -0.4 is 20.1 Å². The van der Waals surface area contributed by atoms with E-state index >= 15 is 0 Å². The molecule has 160 valence electrons. The number of nitrogens with zero attached hydrogens (tertiary/aromatic N) is 3. The molecule has 0 radical (unpaired) electrons. The van der Waals surface area contributed by atoms with Crippen molar-refractivity contribution in [3.63, 3.8) is 0 Å². The summed E-state index contributed by atoms with van der Waals surface area (Å²) in [6.07, 6.45) is 1.37. The number of halogens is 2. The Labute approximate surface area is 176 Å². The molecule has 1 aliphatic rings. The largest absolute Gasteiger partial charge is 0.493 e. The van der Waals surface area contributed by atoms with Crippen LogP contribution in [-0.4, -0.2) is 34.4 Å². The Morgan fingerprint density at radius 2 is 1.97 bits per heavy atom. The van der Waals surface area contributed by atoms with Crippen molar-refractivity contribution in [1.82, 2.24) is 14.8 Å². The zero-order chi connectivity index (χ0) is 22.0. The number of hydrogen-bond acceptors (Lipinski definition) is 6. The van der Waals surface area contributed by atoms with Crippen molar-refractivity contribution >= 4 is 17.5 Å². The first-order valence-electron chi connectivity index (χ1n) is 9.34. The lowest BCUT2D eigenvalue weighted by Gasteiger charge is -2.29. The molecule has 2 heterocycles. The minimum Gasteiger partial charge on any atom is -0.493 e. The molecule has 0 saturated heterocycles. The smallest absolute Gasteiger partial charge is 0.387 e. The van der Waals surface area contributed by atoms with E-state index in [0.29, 0.717) is 28.5 Å². The van der Waals surface area contributed by atoms with Crippen molar-refractivity contribution in [2.45, 2.75) is 19.6 Å². The van der Waals surface area contributed by atoms with Crippen LogP contribution in [0, 0.1) is 0 Å². The molecule has 1 aliphatic heterocycles. The maximum Gasteiger partial charge on any atom is 0.387 e. The second-order valence-corrected chi connectivity index (χ2v) is 6.70. The summed E-state index contributed by atoms with van der Waals surface area (Å²) in [5.74, 6) is 0.114. The minimum atomic E-state index is -2.99. The molecule has 0 saturated carbocycles. The molecule has 3 aromatic rings. The highest BCUT2D eigenvalue weighted by molar-refractivity contribution is 6.06. The van der Waals surface area contributed by atoms with Crippen LogP contribution in [0.25, 0.3) is 0 Å². The third-order valence-corrected chi connectivity index (χ3v) is 4.79. The molecule has 0 spiro atoms. The molecular formula is C21H19F2N5O3. The summed E-state index contributed by atoms with van der Waals surface area (Å²) in [5.41, 5.74) is 2.20. The molecule has 2 N–H and O–H groups in total. The summed E-state index contributed by atoms with van der Waals surface area (Å²) in [6.45, 7) is -1.23. The number of hydrogen-bond donors (Lipinski definition) is 2. The number of anilines is 2. The average molecular weight is 427 g/mol. The number of para-hydroxylation sites is 1. The first kappa shape index (κ1) is 20.3. The van der Waals surface area contributed by atoms with Gasteiger partial charge in [-0.3, -0.25) is 4.79 Å². The standard InChI is InChI=1S/C21H19F2N5O3/c1-12-17(19(29)27-14-6-4-3-5-7-14)18(28-21(26-12)24-11-25-28)13-8-9-15(31-20(22)23)16(10-13)30-2/h3-11,18,20H,1-2H3,(H,27,29)(H,24,25,26)/t18-/m1/s1. The molecule has 31 heavy (non-hydrogen) atoms. The fourth-order valence-corrected chi connectivity index (χ4v) is 3.46. The van der Waals surface area contributed by atoms with Gasteiger partial charge >= 0.3 is 6.61 Å². The third kappa shape index (κ3) is 4.04. The average Bonchev–Trinajstić information content (AvgIpc) is 3.21. The zero-order valence-corrected chi connectivity index (χ0v) is 16.7. The molecule has 1 atom stereocenters. The Kier molecular flexibility index (Phi) is 5.52. The highest BCUT2D eigenvalue weighted by Gasteiger charge is 2.34. The number of carbonyl (C=O) groups is 1. The molecule has 0 bridgehead atoms. The highest BCUT2D eigenvalue weighted by Crippen LogP contribution is 2.39. The molecule has 10 heteroatoms. The van der Waals surface area contributed by atoms with E-state index in [2.05, 4.69) is 25.5 Å². The monoisotopic (exact) mass is 427 g/mol. The van der Waals surface area contributed by atoms with E-state index < -0.39 is 12.7 Å². The summed E-state index contributed by atoms with van der Waals surface area (Å²) < 4.78 is 36.7. The predicted octanol–water partition coefficient (Wildman–Crippen LogP) is 3.82. The molecule has 0 unspecified atom stereocenters. The third-order valence-electron chi connectivity index (χ3n) is 4.79. The van der Waals surface area contributed by atoms with Gasteiger partial charge in [0.1, 0.15) is 12.4 Å². The lowest BCUT2D eigenvalue weighted by atomic mass is 9.94. The van der Waals surface area contributed by atoms with Crippen LogP contribution >= 0.6 is 0 Å². The molecular weight excluding hydrogens is 408 g/mol. The molecule has 1 amide bonds. The summed E-state index contributed by atoms with van der Waals surface area (Å²) >= 11 is 0. The number of aromatic nitrogens is 3. The van der Waals surface area contributed by atoms with Gasteiger partial charge < -0.3 is 20.1 Å². The van der Waals surface area contributed by atoms with Gasteiger partial charge in [0.05, 0.1) is 12.7 Å². The van der Waals surface area contributed by atoms with E-state index in [1.54, 1.807) is 35.9 Å². The normalized spacial score (nSPS) is 15.3. The summed E-state index contributed by atoms with van der Waals surface area (Å²) in [5, 5.41) is 10.2. The Hall–Kier alpha value is -3.95. The van der Waals surface area contributed by atoms with E-state index in [9.17, 15) is 13.6 Å². The number of alkyl halides is 2. The van der Waals surface area contributed by atoms with E-state index in [1.165, 1.54) is 19.5 Å². The summed E-state index contributed by atoms with van der Waals surface area (Å²) in [7, 11) is 1.35. The van der Waals surface area contributed by atoms with Crippen LogP contribution in [0.15, 0.2) is 66.1 Å². The topological polar surface area (TPSA) is 90.3 Å². The van der Waals surface area contributed by atoms with Crippen molar-refractivity contribution in [1.29, 1.82) is 0 Å². The number of ether oxygens (including phenoxy) is 2. The number of nitrogens with one attached hydrogen (secondary N) is 2. The number of fused-ring (bicyclic) bond motifs is 1. The lowest BCUT2D eigenvalue weighted by Crippen LogP contribution is -2.31. The maximum atomic E-state index is 13.2. The van der Waals surface area contributed by atoms with E-state index in [0.717, 1.165) is 0 Å². The minimum absolute atomic E-state index is 0.106. The van der Waals surface area contributed by atoms with Crippen LogP contribution in [-0.2, 0) is 4.79 Å². The van der Waals surface area contributed by atoms with Crippen LogP contribution in [0.4, 0.5) is 20.4 Å². The molecule has 1 aromatic heterocycles. The summed E-state index contributed by atoms with van der Waals surface area (Å²) in [4.78, 5) is 17.4. The van der Waals surface area contributed by atoms with Crippen LogP contribution in [0.5, 0.6) is 11.5 Å². The van der Waals surface area contributed by atoms with E-state index in [-0.39, 0.29) is 17.4 Å². The Morgan fingerprint density at radius 1 is 1.19 bits per heavy atom. The van der Waals surface area contributed by atoms with Crippen LogP contribution in [0.1, 0.15) is 18.5 Å². The Balaban J connectivity index is 1.77. The molecule has 8 nitrogen and oxygen atoms in total. The van der Waals surface area contributed by atoms with E-state index in [4.69, 9.17) is 4.74 Å². The fraction of sp³-hybridized carbons (Fsp3) is 0.190. The first-order chi connectivity index (χ1) is 15.0. The van der Waals surface area contributed by atoms with Crippen molar-refractivity contribution in [3.8, 4) is 11.5 Å². The number of rotatable bonds is 6. The SMILES string of the molecule is COc1cc([C@@H]2C(C(=O)Nc3ccccc3)=C(C)Nc3ncnn32)ccc1OC(F)F. The number of carbonyl (C=O) groups excluding carboxylic acids is 1. The second kappa shape index (κ2) is 8.42. The van der Waals surface area contributed by atoms with Gasteiger partial charge in [0.25, 0.3) is 5.91 Å². The Bertz CT molecular complexity index is 1130. The Morgan fingerprint density at radius 3 is 2.68 bits per heavy atom. The van der Waals surface area contributed by atoms with Gasteiger partial charge in [-0.2, -0.15) is 18.9 Å². The van der Waals surface area contributed by atoms with Gasteiger partial charge in [-0.05, 0) is 36.8 Å². The molecule has 0 aliphatic carbocycles. The fourth-order valence-electron chi connectivity index (χ4n) is 3.46. The van der Waals surface area contributed by atoms with Crippen molar-refractivity contribution in [3.05, 3.63) is 71.7 Å². The number of benzene rings is 2. The van der Waals surface area contributed by atoms with Crippen molar-refractivity contribution < 1.29 is 23.0 Å². The predicted molar refractivity (Wildman–Crippen MR) is 109 cm³/mol. The van der Waals surface area contributed by atoms with E-state index in [1.807, 2.05) is 18.2 Å². The van der Waals surface area contributed by atoms with Gasteiger partial charge in [-0.15, -0.1) is 0 Å². The number of amides is 1. The van der Waals surface area contributed by atoms with Gasteiger partial charge in [0, 0.05) is 11.4 Å². The lowest BCUT2D eigenvalue weighted by molar-refractivity contribution is -0.113. The highest BCUT2D eigenvalue weighted by atomic mass is 19.3. The number of methoxy groups -OCH3 is 1. The second-order valence-electron chi connectivity index (χ2n) is 6.70.